The number of nitrogens with one attached hydrogen (secondary N) is 2. The van der Waals surface area contributed by atoms with E-state index in [1.807, 2.05) is 5.01 Å². The van der Waals surface area contributed by atoms with Gasteiger partial charge in [0.2, 0.25) is 0 Å². The lowest BCUT2D eigenvalue weighted by molar-refractivity contribution is 0.0496. The third-order valence-electron chi connectivity index (χ3n) is 2.84. The second-order valence-corrected chi connectivity index (χ2v) is 3.98. The van der Waals surface area contributed by atoms with Crippen LogP contribution < -0.4 is 22.4 Å². The van der Waals surface area contributed by atoms with E-state index in [9.17, 15) is 9.59 Å². The number of hydrogen-bond donors (Lipinski definition) is 3. The van der Waals surface area contributed by atoms with Crippen molar-refractivity contribution < 1.29 is 4.74 Å². The van der Waals surface area contributed by atoms with Gasteiger partial charge in [-0.2, -0.15) is 0 Å². The summed E-state index contributed by atoms with van der Waals surface area (Å²) in [5, 5.41) is 1.84. The molecule has 0 amide bonds. The number of H-pyrrole nitrogens is 1. The van der Waals surface area contributed by atoms with Crippen LogP contribution in [0.25, 0.3) is 0 Å². The molecule has 8 nitrogen and oxygen atoms in total. The lowest BCUT2D eigenvalue weighted by atomic mass is 10.4. The number of aromatic nitrogens is 2. The topological polar surface area (TPSA) is 105 Å². The zero-order valence-corrected chi connectivity index (χ0v) is 10.2. The van der Waals surface area contributed by atoms with Crippen molar-refractivity contribution in [3.63, 3.8) is 0 Å². The lowest BCUT2D eigenvalue weighted by Crippen LogP contribution is -2.43. The van der Waals surface area contributed by atoms with E-state index < -0.39 is 11.2 Å². The molecule has 1 saturated heterocycles. The molecule has 4 N–H and O–H groups in total. The first kappa shape index (κ1) is 12.7. The highest BCUT2D eigenvalue weighted by Crippen LogP contribution is 2.11. The summed E-state index contributed by atoms with van der Waals surface area (Å²) in [4.78, 5) is 25.5. The van der Waals surface area contributed by atoms with Gasteiger partial charge >= 0.3 is 5.69 Å². The summed E-state index contributed by atoms with van der Waals surface area (Å²) in [6, 6.07) is 0. The fourth-order valence-corrected chi connectivity index (χ4v) is 1.84. The monoisotopic (exact) mass is 255 g/mol. The smallest absolute Gasteiger partial charge is 0.330 e. The number of ether oxygens (including phenoxy) is 1. The fourth-order valence-electron chi connectivity index (χ4n) is 1.84. The second-order valence-electron chi connectivity index (χ2n) is 3.98. The number of anilines is 2. The molecular formula is C10H17N5O3. The fraction of sp³-hybridized carbons (Fsp3) is 0.600. The zero-order valence-electron chi connectivity index (χ0n) is 10.2. The Hall–Kier alpha value is -1.80. The van der Waals surface area contributed by atoms with Gasteiger partial charge in [0.1, 0.15) is 5.82 Å². The third-order valence-corrected chi connectivity index (χ3v) is 2.84. The highest BCUT2D eigenvalue weighted by molar-refractivity contribution is 5.59. The van der Waals surface area contributed by atoms with E-state index in [1.54, 1.807) is 6.92 Å². The number of morpholine rings is 1. The van der Waals surface area contributed by atoms with E-state index >= 15 is 0 Å². The van der Waals surface area contributed by atoms with Gasteiger partial charge < -0.3 is 15.9 Å². The standard InChI is InChI=1S/C10H17N5O3/c1-2-15-8(11)7(9(16)12-10(15)17)13-14-3-5-18-6-4-14/h13H,2-6,11H2,1H3,(H,12,16,17). The summed E-state index contributed by atoms with van der Waals surface area (Å²) in [6.07, 6.45) is 0. The number of nitrogens with zero attached hydrogens (tertiary/aromatic N) is 2. The molecule has 1 fully saturated rings. The van der Waals surface area contributed by atoms with Gasteiger partial charge in [0, 0.05) is 19.6 Å². The second kappa shape index (κ2) is 5.23. The average molecular weight is 255 g/mol. The number of hydrazine groups is 1. The van der Waals surface area contributed by atoms with E-state index in [0.717, 1.165) is 0 Å². The van der Waals surface area contributed by atoms with Gasteiger partial charge in [0.05, 0.1) is 13.2 Å². The Morgan fingerprint density at radius 3 is 2.67 bits per heavy atom. The molecule has 18 heavy (non-hydrogen) atoms. The zero-order chi connectivity index (χ0) is 13.1. The quantitative estimate of drug-likeness (QED) is 0.626. The molecule has 0 aliphatic carbocycles. The maximum Gasteiger partial charge on any atom is 0.330 e. The van der Waals surface area contributed by atoms with Gasteiger partial charge in [0.25, 0.3) is 5.56 Å². The van der Waals surface area contributed by atoms with Gasteiger partial charge in [0.15, 0.2) is 5.69 Å². The summed E-state index contributed by atoms with van der Waals surface area (Å²) >= 11 is 0. The number of nitrogens with two attached hydrogens (primary N) is 1. The SMILES string of the molecule is CCn1c(N)c(NN2CCOCC2)c(=O)[nH]c1=O. The summed E-state index contributed by atoms with van der Waals surface area (Å²) in [7, 11) is 0. The van der Waals surface area contributed by atoms with Gasteiger partial charge in [-0.1, -0.05) is 0 Å². The molecule has 0 bridgehead atoms. The Morgan fingerprint density at radius 2 is 2.06 bits per heavy atom. The van der Waals surface area contributed by atoms with Crippen LogP contribution in [0.4, 0.5) is 11.5 Å². The first-order chi connectivity index (χ1) is 8.63. The molecule has 2 heterocycles. The van der Waals surface area contributed by atoms with Crippen molar-refractivity contribution in [2.24, 2.45) is 0 Å². The van der Waals surface area contributed by atoms with Crippen molar-refractivity contribution in [2.75, 3.05) is 37.5 Å². The molecule has 100 valence electrons. The van der Waals surface area contributed by atoms with Crippen LogP contribution in [-0.2, 0) is 11.3 Å². The van der Waals surface area contributed by atoms with Gasteiger partial charge in [-0.05, 0) is 6.92 Å². The van der Waals surface area contributed by atoms with Crippen molar-refractivity contribution in [1.82, 2.24) is 14.6 Å². The predicted molar refractivity (Wildman–Crippen MR) is 67.4 cm³/mol. The van der Waals surface area contributed by atoms with E-state index in [0.29, 0.717) is 32.8 Å². The molecule has 1 aromatic rings. The summed E-state index contributed by atoms with van der Waals surface area (Å²) in [5.74, 6) is 0.151. The van der Waals surface area contributed by atoms with Gasteiger partial charge in [-0.3, -0.25) is 14.3 Å². The minimum atomic E-state index is -0.506. The van der Waals surface area contributed by atoms with Gasteiger partial charge in [-0.25, -0.2) is 9.80 Å². The highest BCUT2D eigenvalue weighted by Gasteiger charge is 2.16. The predicted octanol–water partition coefficient (Wildman–Crippen LogP) is -1.20. The number of hydrogen-bond acceptors (Lipinski definition) is 6. The molecule has 1 aliphatic rings. The molecule has 0 radical (unpaired) electrons. The Morgan fingerprint density at radius 1 is 1.39 bits per heavy atom. The maximum atomic E-state index is 11.7. The normalized spacial score (nSPS) is 16.7. The average Bonchev–Trinajstić information content (AvgIpc) is 2.36. The number of rotatable bonds is 3. The first-order valence-electron chi connectivity index (χ1n) is 5.85. The molecule has 1 aromatic heterocycles. The van der Waals surface area contributed by atoms with E-state index in [-0.39, 0.29) is 11.5 Å². The molecule has 0 spiro atoms. The minimum absolute atomic E-state index is 0.151. The van der Waals surface area contributed by atoms with Crippen molar-refractivity contribution >= 4 is 11.5 Å². The molecular weight excluding hydrogens is 238 g/mol. The molecule has 0 atom stereocenters. The number of nitrogen functional groups attached to an aromatic ring is 1. The van der Waals surface area contributed by atoms with Crippen LogP contribution in [0.3, 0.4) is 0 Å². The highest BCUT2D eigenvalue weighted by atomic mass is 16.5. The molecule has 0 saturated carbocycles. The number of aromatic amines is 1. The van der Waals surface area contributed by atoms with Gasteiger partial charge in [-0.15, -0.1) is 0 Å². The van der Waals surface area contributed by atoms with Crippen molar-refractivity contribution in [1.29, 1.82) is 0 Å². The molecule has 0 aromatic carbocycles. The van der Waals surface area contributed by atoms with Crippen LogP contribution >= 0.6 is 0 Å². The Balaban J connectivity index is 2.32. The minimum Gasteiger partial charge on any atom is -0.383 e. The van der Waals surface area contributed by atoms with Crippen LogP contribution in [0.1, 0.15) is 6.92 Å². The van der Waals surface area contributed by atoms with E-state index in [4.69, 9.17) is 10.5 Å². The van der Waals surface area contributed by atoms with E-state index in [1.165, 1.54) is 4.57 Å². The van der Waals surface area contributed by atoms with Crippen LogP contribution in [0, 0.1) is 0 Å². The Bertz CT molecular complexity index is 529. The van der Waals surface area contributed by atoms with Crippen molar-refractivity contribution in [2.45, 2.75) is 13.5 Å². The van der Waals surface area contributed by atoms with Crippen molar-refractivity contribution in [3.8, 4) is 0 Å². The molecule has 1 aliphatic heterocycles. The largest absolute Gasteiger partial charge is 0.383 e. The third kappa shape index (κ3) is 2.39. The van der Waals surface area contributed by atoms with Crippen LogP contribution in [-0.4, -0.2) is 40.9 Å². The lowest BCUT2D eigenvalue weighted by Gasteiger charge is -2.28. The first-order valence-corrected chi connectivity index (χ1v) is 5.85. The van der Waals surface area contributed by atoms with Crippen LogP contribution in [0.5, 0.6) is 0 Å². The summed E-state index contributed by atoms with van der Waals surface area (Å²) in [6.45, 7) is 4.69. The molecule has 2 rings (SSSR count). The Labute approximate surface area is 103 Å². The Kier molecular flexibility index (Phi) is 3.68. The van der Waals surface area contributed by atoms with Crippen molar-refractivity contribution in [3.05, 3.63) is 20.8 Å². The maximum absolute atomic E-state index is 11.7. The summed E-state index contributed by atoms with van der Waals surface area (Å²) < 4.78 is 6.52. The molecule has 0 unspecified atom stereocenters. The molecule has 8 heteroatoms. The van der Waals surface area contributed by atoms with Crippen LogP contribution in [0.2, 0.25) is 0 Å². The summed E-state index contributed by atoms with van der Waals surface area (Å²) in [5.41, 5.74) is 7.99. The van der Waals surface area contributed by atoms with Crippen LogP contribution in [0.15, 0.2) is 9.59 Å². The van der Waals surface area contributed by atoms with E-state index in [2.05, 4.69) is 10.4 Å².